The first-order chi connectivity index (χ1) is 8.95. The number of hydrogen-bond donors (Lipinski definition) is 1. The van der Waals surface area contributed by atoms with E-state index in [1.54, 1.807) is 7.11 Å². The standard InChI is InChI=1S/C15H24N2O2/c1-15(2,16)12-10-11-6-4-7-13(11)17(14(12)18)8-5-9-19-3/h10H,4-9,16H2,1-3H3. The number of rotatable bonds is 5. The Morgan fingerprint density at radius 1 is 1.42 bits per heavy atom. The minimum Gasteiger partial charge on any atom is -0.385 e. The fraction of sp³-hybridized carbons (Fsp3) is 0.667. The summed E-state index contributed by atoms with van der Waals surface area (Å²) in [5, 5.41) is 0. The quantitative estimate of drug-likeness (QED) is 0.821. The Labute approximate surface area is 114 Å². The third kappa shape index (κ3) is 2.90. The zero-order chi connectivity index (χ0) is 14.0. The Hall–Kier alpha value is -1.13. The van der Waals surface area contributed by atoms with E-state index in [-0.39, 0.29) is 5.56 Å². The first-order valence-electron chi connectivity index (χ1n) is 6.99. The van der Waals surface area contributed by atoms with Crippen molar-refractivity contribution in [1.29, 1.82) is 0 Å². The highest BCUT2D eigenvalue weighted by Gasteiger charge is 2.25. The van der Waals surface area contributed by atoms with Crippen molar-refractivity contribution in [3.8, 4) is 0 Å². The summed E-state index contributed by atoms with van der Waals surface area (Å²) >= 11 is 0. The summed E-state index contributed by atoms with van der Waals surface area (Å²) in [6.07, 6.45) is 4.05. The van der Waals surface area contributed by atoms with Crippen LogP contribution >= 0.6 is 0 Å². The van der Waals surface area contributed by atoms with E-state index in [1.165, 1.54) is 11.3 Å². The second-order valence-electron chi connectivity index (χ2n) is 5.91. The summed E-state index contributed by atoms with van der Waals surface area (Å²) in [5.41, 5.74) is 8.85. The molecule has 106 valence electrons. The van der Waals surface area contributed by atoms with Crippen molar-refractivity contribution >= 4 is 0 Å². The topological polar surface area (TPSA) is 57.2 Å². The number of hydrogen-bond acceptors (Lipinski definition) is 3. The lowest BCUT2D eigenvalue weighted by Gasteiger charge is -2.22. The average molecular weight is 264 g/mol. The molecule has 19 heavy (non-hydrogen) atoms. The third-order valence-corrected chi connectivity index (χ3v) is 3.77. The SMILES string of the molecule is COCCCn1c2c(cc(C(C)(C)N)c1=O)CCC2. The molecule has 1 aliphatic rings. The first-order valence-corrected chi connectivity index (χ1v) is 6.99. The van der Waals surface area contributed by atoms with E-state index in [1.807, 2.05) is 24.5 Å². The number of methoxy groups -OCH3 is 1. The van der Waals surface area contributed by atoms with E-state index in [2.05, 4.69) is 0 Å². The van der Waals surface area contributed by atoms with Crippen LogP contribution in [0.3, 0.4) is 0 Å². The van der Waals surface area contributed by atoms with E-state index in [0.717, 1.165) is 37.8 Å². The number of fused-ring (bicyclic) bond motifs is 1. The summed E-state index contributed by atoms with van der Waals surface area (Å²) in [6, 6.07) is 2.03. The maximum atomic E-state index is 12.6. The van der Waals surface area contributed by atoms with Crippen LogP contribution in [0.15, 0.2) is 10.9 Å². The van der Waals surface area contributed by atoms with Crippen molar-refractivity contribution < 1.29 is 4.74 Å². The number of pyridine rings is 1. The largest absolute Gasteiger partial charge is 0.385 e. The van der Waals surface area contributed by atoms with Crippen molar-refractivity contribution in [2.45, 2.75) is 51.6 Å². The van der Waals surface area contributed by atoms with Gasteiger partial charge in [-0.3, -0.25) is 4.79 Å². The highest BCUT2D eigenvalue weighted by molar-refractivity contribution is 5.33. The molecule has 1 heterocycles. The van der Waals surface area contributed by atoms with Gasteiger partial charge < -0.3 is 15.0 Å². The fourth-order valence-corrected chi connectivity index (χ4v) is 2.78. The molecule has 4 heteroatoms. The third-order valence-electron chi connectivity index (χ3n) is 3.77. The van der Waals surface area contributed by atoms with E-state index in [0.29, 0.717) is 6.61 Å². The number of nitrogens with zero attached hydrogens (tertiary/aromatic N) is 1. The lowest BCUT2D eigenvalue weighted by atomic mass is 9.95. The van der Waals surface area contributed by atoms with Crippen LogP contribution in [0.25, 0.3) is 0 Å². The van der Waals surface area contributed by atoms with Gasteiger partial charge >= 0.3 is 0 Å². The molecular formula is C15H24N2O2. The number of nitrogens with two attached hydrogens (primary N) is 1. The smallest absolute Gasteiger partial charge is 0.255 e. The fourth-order valence-electron chi connectivity index (χ4n) is 2.78. The highest BCUT2D eigenvalue weighted by Crippen LogP contribution is 2.24. The van der Waals surface area contributed by atoms with Gasteiger partial charge in [-0.1, -0.05) is 0 Å². The van der Waals surface area contributed by atoms with Crippen LogP contribution in [0.2, 0.25) is 0 Å². The van der Waals surface area contributed by atoms with Crippen molar-refractivity contribution in [2.24, 2.45) is 5.73 Å². The summed E-state index contributed by atoms with van der Waals surface area (Å²) < 4.78 is 7.00. The second-order valence-corrected chi connectivity index (χ2v) is 5.91. The van der Waals surface area contributed by atoms with Crippen molar-refractivity contribution in [2.75, 3.05) is 13.7 Å². The molecule has 0 spiro atoms. The van der Waals surface area contributed by atoms with Gasteiger partial charge in [0, 0.05) is 37.1 Å². The monoisotopic (exact) mass is 264 g/mol. The molecule has 1 aromatic heterocycles. The van der Waals surface area contributed by atoms with Gasteiger partial charge in [-0.15, -0.1) is 0 Å². The molecule has 0 amide bonds. The molecule has 0 radical (unpaired) electrons. The Balaban J connectivity index is 2.45. The Kier molecular flexibility index (Phi) is 4.11. The van der Waals surface area contributed by atoms with E-state index in [4.69, 9.17) is 10.5 Å². The predicted octanol–water partition coefficient (Wildman–Crippen LogP) is 1.57. The van der Waals surface area contributed by atoms with Crippen LogP contribution < -0.4 is 11.3 Å². The number of aromatic nitrogens is 1. The Morgan fingerprint density at radius 3 is 2.79 bits per heavy atom. The number of aryl methyl sites for hydroxylation is 1. The summed E-state index contributed by atoms with van der Waals surface area (Å²) in [5.74, 6) is 0. The minimum atomic E-state index is -0.586. The van der Waals surface area contributed by atoms with Crippen molar-refractivity contribution in [3.05, 3.63) is 33.2 Å². The number of ether oxygens (including phenoxy) is 1. The van der Waals surface area contributed by atoms with E-state index in [9.17, 15) is 4.79 Å². The summed E-state index contributed by atoms with van der Waals surface area (Å²) in [7, 11) is 1.69. The van der Waals surface area contributed by atoms with Gasteiger partial charge in [0.2, 0.25) is 0 Å². The van der Waals surface area contributed by atoms with Crippen LogP contribution in [-0.2, 0) is 29.7 Å². The molecule has 2 rings (SSSR count). The lowest BCUT2D eigenvalue weighted by Crippen LogP contribution is -2.39. The second kappa shape index (κ2) is 5.47. The maximum Gasteiger partial charge on any atom is 0.255 e. The summed E-state index contributed by atoms with van der Waals surface area (Å²) in [4.78, 5) is 12.6. The molecule has 0 unspecified atom stereocenters. The van der Waals surface area contributed by atoms with Gasteiger partial charge in [-0.05, 0) is 51.2 Å². The first kappa shape index (κ1) is 14.3. The molecule has 0 bridgehead atoms. The lowest BCUT2D eigenvalue weighted by molar-refractivity contribution is 0.189. The molecule has 1 aromatic rings. The van der Waals surface area contributed by atoms with Gasteiger partial charge in [-0.2, -0.15) is 0 Å². The maximum absolute atomic E-state index is 12.6. The molecule has 4 nitrogen and oxygen atoms in total. The summed E-state index contributed by atoms with van der Waals surface area (Å²) in [6.45, 7) is 5.19. The van der Waals surface area contributed by atoms with Crippen LogP contribution in [-0.4, -0.2) is 18.3 Å². The molecule has 0 saturated heterocycles. The molecule has 0 fully saturated rings. The molecule has 0 atom stereocenters. The van der Waals surface area contributed by atoms with Crippen LogP contribution in [0.5, 0.6) is 0 Å². The van der Waals surface area contributed by atoms with Crippen molar-refractivity contribution in [1.82, 2.24) is 4.57 Å². The van der Waals surface area contributed by atoms with E-state index < -0.39 is 5.54 Å². The van der Waals surface area contributed by atoms with E-state index >= 15 is 0 Å². The molecule has 1 aliphatic carbocycles. The highest BCUT2D eigenvalue weighted by atomic mass is 16.5. The van der Waals surface area contributed by atoms with Crippen LogP contribution in [0, 0.1) is 0 Å². The average Bonchev–Trinajstić information content (AvgIpc) is 2.78. The van der Waals surface area contributed by atoms with Gasteiger partial charge in [0.05, 0.1) is 0 Å². The normalized spacial score (nSPS) is 14.7. The molecule has 0 aliphatic heterocycles. The van der Waals surface area contributed by atoms with Gasteiger partial charge in [0.1, 0.15) is 0 Å². The molecule has 0 aromatic carbocycles. The van der Waals surface area contributed by atoms with Crippen LogP contribution in [0.1, 0.15) is 43.5 Å². The minimum absolute atomic E-state index is 0.0734. The van der Waals surface area contributed by atoms with Gasteiger partial charge in [0.25, 0.3) is 5.56 Å². The zero-order valence-electron chi connectivity index (χ0n) is 12.2. The Morgan fingerprint density at radius 2 is 2.16 bits per heavy atom. The van der Waals surface area contributed by atoms with Gasteiger partial charge in [-0.25, -0.2) is 0 Å². The Bertz CT molecular complexity index is 512. The molecule has 0 saturated carbocycles. The molecular weight excluding hydrogens is 240 g/mol. The zero-order valence-corrected chi connectivity index (χ0v) is 12.2. The van der Waals surface area contributed by atoms with Gasteiger partial charge in [0.15, 0.2) is 0 Å². The van der Waals surface area contributed by atoms with Crippen molar-refractivity contribution in [3.63, 3.8) is 0 Å². The van der Waals surface area contributed by atoms with Crippen LogP contribution in [0.4, 0.5) is 0 Å². The predicted molar refractivity (Wildman–Crippen MR) is 76.4 cm³/mol. The molecule has 2 N–H and O–H groups in total.